The number of aliphatic hydroxyl groups excluding tert-OH is 1. The van der Waals surface area contributed by atoms with Crippen LogP contribution in [0.1, 0.15) is 30.3 Å². The van der Waals surface area contributed by atoms with E-state index in [0.717, 1.165) is 40.8 Å². The number of likely N-dealkylation sites (tertiary alicyclic amines) is 1. The van der Waals surface area contributed by atoms with Gasteiger partial charge >= 0.3 is 12.1 Å². The number of hydrogen-bond donors (Lipinski definition) is 3. The second kappa shape index (κ2) is 17.3. The monoisotopic (exact) mass is 779 g/mol. The van der Waals surface area contributed by atoms with E-state index in [-0.39, 0.29) is 63.0 Å². The summed E-state index contributed by atoms with van der Waals surface area (Å²) in [5.41, 5.74) is 0.997. The highest BCUT2D eigenvalue weighted by atomic mass is 19.1. The summed E-state index contributed by atoms with van der Waals surface area (Å²) < 4.78 is 58.2. The molecule has 2 aromatic carbocycles. The van der Waals surface area contributed by atoms with Crippen molar-refractivity contribution < 1.29 is 46.9 Å². The SMILES string of the molecule is O=C(NCCN1C(=O)C=CC1=O)O[C@@H]1CN(C(=O)N(C[C@@H]2CNC[C@@H]2F)[C@@H](c2nc(-c3cc(F)ccc3F)cn2Cc2ccccc2)C2CCOCC2)C[C@@H]1O. The van der Waals surface area contributed by atoms with Crippen LogP contribution in [-0.2, 0) is 25.6 Å². The van der Waals surface area contributed by atoms with Crippen LogP contribution in [0.2, 0.25) is 0 Å². The molecule has 0 radical (unpaired) electrons. The molecule has 0 saturated carbocycles. The number of imide groups is 1. The highest BCUT2D eigenvalue weighted by Crippen LogP contribution is 2.39. The van der Waals surface area contributed by atoms with Crippen molar-refractivity contribution in [1.82, 2.24) is 34.9 Å². The first kappa shape index (κ1) is 39.0. The Bertz CT molecular complexity index is 1920. The fraction of sp³-hybridized carbons (Fsp3) is 0.462. The van der Waals surface area contributed by atoms with Gasteiger partial charge in [-0.15, -0.1) is 0 Å². The van der Waals surface area contributed by atoms with Crippen LogP contribution >= 0.6 is 0 Å². The molecule has 5 heterocycles. The molecule has 14 nitrogen and oxygen atoms in total. The average molecular weight is 780 g/mol. The van der Waals surface area contributed by atoms with E-state index < -0.39 is 65.9 Å². The number of carbonyl (C=O) groups is 4. The van der Waals surface area contributed by atoms with Crippen LogP contribution in [0.25, 0.3) is 11.3 Å². The van der Waals surface area contributed by atoms with E-state index in [1.165, 1.54) is 4.90 Å². The Morgan fingerprint density at radius 1 is 1.05 bits per heavy atom. The van der Waals surface area contributed by atoms with Gasteiger partial charge in [0.15, 0.2) is 0 Å². The van der Waals surface area contributed by atoms with Crippen molar-refractivity contribution in [2.45, 2.75) is 43.8 Å². The summed E-state index contributed by atoms with van der Waals surface area (Å²) in [6.45, 7) is 0.909. The molecule has 3 N–H and O–H groups in total. The average Bonchev–Trinajstić information content (AvgIpc) is 3.97. The van der Waals surface area contributed by atoms with E-state index in [0.29, 0.717) is 38.4 Å². The second-order valence-electron chi connectivity index (χ2n) is 14.5. The summed E-state index contributed by atoms with van der Waals surface area (Å²) in [4.78, 5) is 60.1. The minimum Gasteiger partial charge on any atom is -0.442 e. The van der Waals surface area contributed by atoms with Crippen molar-refractivity contribution in [3.8, 4) is 11.3 Å². The first-order valence-corrected chi connectivity index (χ1v) is 18.8. The van der Waals surface area contributed by atoms with E-state index in [2.05, 4.69) is 10.6 Å². The Balaban J connectivity index is 1.19. The van der Waals surface area contributed by atoms with E-state index in [4.69, 9.17) is 14.5 Å². The molecular weight excluding hydrogens is 735 g/mol. The Kier molecular flexibility index (Phi) is 12.0. The number of urea groups is 1. The fourth-order valence-electron chi connectivity index (χ4n) is 7.79. The zero-order chi connectivity index (χ0) is 39.3. The maximum Gasteiger partial charge on any atom is 0.407 e. The van der Waals surface area contributed by atoms with Gasteiger partial charge < -0.3 is 39.6 Å². The van der Waals surface area contributed by atoms with Crippen LogP contribution in [0.3, 0.4) is 0 Å². The van der Waals surface area contributed by atoms with Crippen LogP contribution in [0, 0.1) is 23.5 Å². The van der Waals surface area contributed by atoms with Gasteiger partial charge in [-0.2, -0.15) is 0 Å². The summed E-state index contributed by atoms with van der Waals surface area (Å²) in [7, 11) is 0. The molecule has 5 atom stereocenters. The highest BCUT2D eigenvalue weighted by Gasteiger charge is 2.45. The van der Waals surface area contributed by atoms with E-state index in [9.17, 15) is 28.7 Å². The van der Waals surface area contributed by atoms with Crippen molar-refractivity contribution in [1.29, 1.82) is 0 Å². The Hall–Kier alpha value is -5.26. The Morgan fingerprint density at radius 2 is 1.80 bits per heavy atom. The molecule has 5 amide bonds. The highest BCUT2D eigenvalue weighted by molar-refractivity contribution is 6.12. The van der Waals surface area contributed by atoms with Gasteiger partial charge in [0.05, 0.1) is 24.8 Å². The van der Waals surface area contributed by atoms with Crippen molar-refractivity contribution in [2.75, 3.05) is 59.0 Å². The molecule has 56 heavy (non-hydrogen) atoms. The summed E-state index contributed by atoms with van der Waals surface area (Å²) >= 11 is 0. The number of β-amino-alcohol motifs (C(OH)–C–C–N with tert-alkyl or cyclic N) is 1. The number of alkyl halides is 1. The van der Waals surface area contributed by atoms with Crippen LogP contribution in [0.5, 0.6) is 0 Å². The largest absolute Gasteiger partial charge is 0.442 e. The van der Waals surface area contributed by atoms with Crippen LogP contribution in [-0.4, -0.2) is 131 Å². The maximum atomic E-state index is 15.4. The standard InChI is InChI=1S/C39H44F3N7O7/c40-27-6-7-29(41)28(16-27)31-21-46(19-24-4-2-1-3-5-24)37(45-31)36(25-10-14-55-15-11-25)49(20-26-17-43-18-30(26)42)39(54)47-22-32(50)33(23-47)56-38(53)44-12-13-48-34(51)8-9-35(48)52/h1-9,16,21,25-26,30,32-33,36,43,50H,10-15,17-20,22-23H2,(H,44,53)/t26-,30-,32-,33+,36+/m0/s1. The molecule has 4 aliphatic heterocycles. The molecule has 7 rings (SSSR count). The molecule has 3 aromatic rings. The van der Waals surface area contributed by atoms with Gasteiger partial charge in [-0.1, -0.05) is 30.3 Å². The predicted molar refractivity (Wildman–Crippen MR) is 194 cm³/mol. The maximum absolute atomic E-state index is 15.4. The lowest BCUT2D eigenvalue weighted by Gasteiger charge is -2.41. The molecule has 4 aliphatic rings. The van der Waals surface area contributed by atoms with Crippen LogP contribution in [0.15, 0.2) is 66.9 Å². The zero-order valence-corrected chi connectivity index (χ0v) is 30.6. The third-order valence-corrected chi connectivity index (χ3v) is 10.7. The van der Waals surface area contributed by atoms with Gasteiger partial charge in [0.1, 0.15) is 35.8 Å². The number of hydrogen-bond acceptors (Lipinski definition) is 9. The van der Waals surface area contributed by atoms with E-state index in [1.807, 2.05) is 34.9 Å². The molecule has 0 aliphatic carbocycles. The summed E-state index contributed by atoms with van der Waals surface area (Å²) in [5.74, 6) is -2.75. The van der Waals surface area contributed by atoms with Gasteiger partial charge in [0.2, 0.25) is 0 Å². The van der Waals surface area contributed by atoms with Crippen LogP contribution < -0.4 is 10.6 Å². The number of imidazole rings is 1. The lowest BCUT2D eigenvalue weighted by Crippen LogP contribution is -2.50. The minimum atomic E-state index is -1.26. The molecule has 17 heteroatoms. The Morgan fingerprint density at radius 3 is 2.52 bits per heavy atom. The number of amides is 5. The van der Waals surface area contributed by atoms with Gasteiger partial charge in [0, 0.05) is 82.3 Å². The first-order chi connectivity index (χ1) is 27.0. The number of nitrogens with one attached hydrogen (secondary N) is 2. The lowest BCUT2D eigenvalue weighted by molar-refractivity contribution is -0.136. The molecule has 3 fully saturated rings. The number of ether oxygens (including phenoxy) is 2. The summed E-state index contributed by atoms with van der Waals surface area (Å²) in [6, 6.07) is 11.3. The topological polar surface area (TPSA) is 159 Å². The first-order valence-electron chi connectivity index (χ1n) is 18.8. The molecule has 0 spiro atoms. The normalized spacial score (nSPS) is 23.2. The summed E-state index contributed by atoms with van der Waals surface area (Å²) in [5, 5.41) is 16.6. The number of aliphatic hydroxyl groups is 1. The number of rotatable bonds is 12. The van der Waals surface area contributed by atoms with E-state index in [1.54, 1.807) is 11.1 Å². The summed E-state index contributed by atoms with van der Waals surface area (Å²) in [6.07, 6.45) is 0.402. The Labute approximate surface area is 321 Å². The van der Waals surface area contributed by atoms with Gasteiger partial charge in [-0.05, 0) is 42.5 Å². The predicted octanol–water partition coefficient (Wildman–Crippen LogP) is 3.02. The fourth-order valence-corrected chi connectivity index (χ4v) is 7.79. The van der Waals surface area contributed by atoms with E-state index >= 15 is 8.78 Å². The number of halogens is 3. The van der Waals surface area contributed by atoms with Crippen molar-refractivity contribution >= 4 is 23.9 Å². The third kappa shape index (κ3) is 8.74. The number of aromatic nitrogens is 2. The number of alkyl carbamates (subject to hydrolysis) is 1. The van der Waals surface area contributed by atoms with Crippen molar-refractivity contribution in [2.24, 2.45) is 11.8 Å². The second-order valence-corrected chi connectivity index (χ2v) is 14.5. The number of carbonyl (C=O) groups excluding carboxylic acids is 4. The van der Waals surface area contributed by atoms with Gasteiger partial charge in [-0.25, -0.2) is 27.7 Å². The molecule has 0 unspecified atom stereocenters. The molecule has 3 saturated heterocycles. The minimum absolute atomic E-state index is 0.0295. The van der Waals surface area contributed by atoms with Crippen LogP contribution in [0.4, 0.5) is 22.8 Å². The van der Waals surface area contributed by atoms with Crippen molar-refractivity contribution in [3.63, 3.8) is 0 Å². The van der Waals surface area contributed by atoms with Gasteiger partial charge in [0.25, 0.3) is 11.8 Å². The lowest BCUT2D eigenvalue weighted by atomic mass is 9.89. The molecule has 298 valence electrons. The quantitative estimate of drug-likeness (QED) is 0.235. The van der Waals surface area contributed by atoms with Gasteiger partial charge in [-0.3, -0.25) is 14.5 Å². The van der Waals surface area contributed by atoms with Crippen molar-refractivity contribution in [3.05, 3.63) is 89.9 Å². The number of nitrogens with zero attached hydrogens (tertiary/aromatic N) is 5. The molecular formula is C39H44F3N7O7. The molecule has 0 bridgehead atoms. The smallest absolute Gasteiger partial charge is 0.407 e. The molecule has 1 aromatic heterocycles. The number of benzene rings is 2. The third-order valence-electron chi connectivity index (χ3n) is 10.7. The zero-order valence-electron chi connectivity index (χ0n) is 30.6.